The quantitative estimate of drug-likeness (QED) is 0.582. The molecule has 10 heteroatoms. The number of benzene rings is 2. The van der Waals surface area contributed by atoms with E-state index in [-0.39, 0.29) is 17.0 Å². The first kappa shape index (κ1) is 17.8. The van der Waals surface area contributed by atoms with Crippen molar-refractivity contribution in [1.82, 2.24) is 10.1 Å². The third-order valence-electron chi connectivity index (χ3n) is 3.21. The molecule has 0 amide bonds. The summed E-state index contributed by atoms with van der Waals surface area (Å²) in [6.07, 6.45) is -9.52. The summed E-state index contributed by atoms with van der Waals surface area (Å²) in [5, 5.41) is 3.53. The van der Waals surface area contributed by atoms with Crippen molar-refractivity contribution in [2.45, 2.75) is 12.5 Å². The molecule has 0 spiro atoms. The van der Waals surface area contributed by atoms with Gasteiger partial charge >= 0.3 is 12.5 Å². The van der Waals surface area contributed by atoms with Crippen molar-refractivity contribution in [2.24, 2.45) is 0 Å². The third-order valence-corrected chi connectivity index (χ3v) is 3.21. The number of ether oxygens (including phenoxy) is 1. The smallest absolute Gasteiger partial charge is 0.406 e. The van der Waals surface area contributed by atoms with Gasteiger partial charge in [-0.05, 0) is 24.3 Å². The lowest BCUT2D eigenvalue weighted by atomic mass is 10.1. The molecule has 0 saturated heterocycles. The third kappa shape index (κ3) is 3.95. The zero-order valence-electron chi connectivity index (χ0n) is 12.6. The second kappa shape index (κ2) is 6.36. The van der Waals surface area contributed by atoms with E-state index in [2.05, 4.69) is 14.9 Å². The predicted octanol–water partition coefficient (Wildman–Crippen LogP) is 5.32. The van der Waals surface area contributed by atoms with Crippen LogP contribution in [0.4, 0.5) is 26.3 Å². The van der Waals surface area contributed by atoms with Crippen molar-refractivity contribution in [3.63, 3.8) is 0 Å². The molecule has 26 heavy (non-hydrogen) atoms. The van der Waals surface area contributed by atoms with E-state index in [0.29, 0.717) is 0 Å². The normalized spacial score (nSPS) is 12.2. The van der Waals surface area contributed by atoms with Crippen LogP contribution in [0.3, 0.4) is 0 Å². The molecule has 0 fully saturated rings. The lowest BCUT2D eigenvalue weighted by molar-refractivity contribution is -0.274. The molecule has 3 aromatic rings. The Hall–Kier alpha value is -3.04. The van der Waals surface area contributed by atoms with E-state index in [4.69, 9.17) is 4.52 Å². The maximum absolute atomic E-state index is 13.1. The van der Waals surface area contributed by atoms with E-state index >= 15 is 0 Å². The molecule has 0 saturated carbocycles. The first-order valence-corrected chi connectivity index (χ1v) is 7.00. The number of aromatic nitrogens is 2. The van der Waals surface area contributed by atoms with Crippen molar-refractivity contribution >= 4 is 0 Å². The number of hydrogen-bond acceptors (Lipinski definition) is 4. The van der Waals surface area contributed by atoms with Gasteiger partial charge < -0.3 is 9.26 Å². The first-order valence-electron chi connectivity index (χ1n) is 7.00. The van der Waals surface area contributed by atoms with Crippen LogP contribution in [0, 0.1) is 0 Å². The average Bonchev–Trinajstić information content (AvgIpc) is 3.02. The van der Waals surface area contributed by atoms with E-state index in [1.807, 2.05) is 0 Å². The number of nitrogens with zero attached hydrogens (tertiary/aromatic N) is 2. The van der Waals surface area contributed by atoms with Gasteiger partial charge in [-0.1, -0.05) is 29.4 Å². The predicted molar refractivity (Wildman–Crippen MR) is 76.9 cm³/mol. The van der Waals surface area contributed by atoms with Crippen LogP contribution >= 0.6 is 0 Å². The van der Waals surface area contributed by atoms with Crippen LogP contribution in [-0.2, 0) is 6.18 Å². The number of rotatable bonds is 3. The molecule has 1 aromatic heterocycles. The van der Waals surface area contributed by atoms with Crippen LogP contribution in [0.2, 0.25) is 0 Å². The molecule has 0 aliphatic heterocycles. The highest BCUT2D eigenvalue weighted by Gasteiger charge is 2.35. The van der Waals surface area contributed by atoms with Crippen LogP contribution in [0.5, 0.6) is 5.75 Å². The monoisotopic (exact) mass is 374 g/mol. The summed E-state index contributed by atoms with van der Waals surface area (Å²) in [4.78, 5) is 3.85. The zero-order chi connectivity index (χ0) is 18.9. The van der Waals surface area contributed by atoms with Crippen molar-refractivity contribution < 1.29 is 35.6 Å². The van der Waals surface area contributed by atoms with Gasteiger partial charge in [0.05, 0.1) is 11.1 Å². The largest absolute Gasteiger partial charge is 0.573 e. The Bertz CT molecular complexity index is 917. The number of alkyl halides is 6. The van der Waals surface area contributed by atoms with Gasteiger partial charge in [0.15, 0.2) is 0 Å². The highest BCUT2D eigenvalue weighted by atomic mass is 19.4. The van der Waals surface area contributed by atoms with Gasteiger partial charge in [-0.25, -0.2) is 0 Å². The Morgan fingerprint density at radius 1 is 0.885 bits per heavy atom. The van der Waals surface area contributed by atoms with Gasteiger partial charge in [-0.2, -0.15) is 18.2 Å². The van der Waals surface area contributed by atoms with E-state index in [1.165, 1.54) is 24.3 Å². The molecule has 4 nitrogen and oxygen atoms in total. The van der Waals surface area contributed by atoms with Gasteiger partial charge in [0.1, 0.15) is 5.75 Å². The van der Waals surface area contributed by atoms with Crippen molar-refractivity contribution in [3.05, 3.63) is 54.1 Å². The fourth-order valence-electron chi connectivity index (χ4n) is 2.20. The standard InChI is InChI=1S/C16H8F6N2O2/c17-15(18,19)12-7-2-1-6-11(12)14-23-13(24-26-14)9-4-3-5-10(8-9)25-16(20,21)22/h1-8H. The lowest BCUT2D eigenvalue weighted by Crippen LogP contribution is -2.17. The van der Waals surface area contributed by atoms with Crippen LogP contribution in [-0.4, -0.2) is 16.5 Å². The van der Waals surface area contributed by atoms with E-state index in [0.717, 1.165) is 24.3 Å². The van der Waals surface area contributed by atoms with E-state index in [1.54, 1.807) is 0 Å². The molecule has 0 aliphatic rings. The van der Waals surface area contributed by atoms with Crippen molar-refractivity contribution in [1.29, 1.82) is 0 Å². The summed E-state index contributed by atoms with van der Waals surface area (Å²) in [6.45, 7) is 0. The number of halogens is 6. The van der Waals surface area contributed by atoms with Crippen LogP contribution in [0.25, 0.3) is 22.8 Å². The van der Waals surface area contributed by atoms with E-state index < -0.39 is 29.7 Å². The maximum Gasteiger partial charge on any atom is 0.573 e. The minimum atomic E-state index is -4.88. The molecule has 2 aromatic carbocycles. The molecule has 0 radical (unpaired) electrons. The summed E-state index contributed by atoms with van der Waals surface area (Å²) in [6, 6.07) is 9.28. The highest BCUT2D eigenvalue weighted by Crippen LogP contribution is 2.37. The van der Waals surface area contributed by atoms with Gasteiger partial charge in [0.2, 0.25) is 5.82 Å². The molecule has 3 rings (SSSR count). The lowest BCUT2D eigenvalue weighted by Gasteiger charge is -2.09. The Kier molecular flexibility index (Phi) is 4.34. The summed E-state index contributed by atoms with van der Waals surface area (Å²) >= 11 is 0. The van der Waals surface area contributed by atoms with Gasteiger partial charge in [-0.15, -0.1) is 13.2 Å². The van der Waals surface area contributed by atoms with Crippen molar-refractivity contribution in [3.8, 4) is 28.6 Å². The minimum Gasteiger partial charge on any atom is -0.406 e. The fourth-order valence-corrected chi connectivity index (χ4v) is 2.20. The number of hydrogen-bond donors (Lipinski definition) is 0. The SMILES string of the molecule is FC(F)(F)Oc1cccc(-c2noc(-c3ccccc3C(F)(F)F)n2)c1. The summed E-state index contributed by atoms with van der Waals surface area (Å²) < 4.78 is 84.7. The fraction of sp³-hybridized carbons (Fsp3) is 0.125. The molecule has 0 aliphatic carbocycles. The molecule has 136 valence electrons. The zero-order valence-corrected chi connectivity index (χ0v) is 12.6. The maximum atomic E-state index is 13.1. The topological polar surface area (TPSA) is 48.2 Å². The first-order chi connectivity index (χ1) is 12.1. The molecule has 1 heterocycles. The van der Waals surface area contributed by atoms with Crippen LogP contribution < -0.4 is 4.74 Å². The summed E-state index contributed by atoms with van der Waals surface area (Å²) in [5.74, 6) is -1.10. The second-order valence-corrected chi connectivity index (χ2v) is 5.04. The van der Waals surface area contributed by atoms with Gasteiger partial charge in [-0.3, -0.25) is 0 Å². The molecule has 0 N–H and O–H groups in total. The Labute approximate surface area is 142 Å². The molecular weight excluding hydrogens is 366 g/mol. The Morgan fingerprint density at radius 3 is 2.31 bits per heavy atom. The molecule has 0 bridgehead atoms. The second-order valence-electron chi connectivity index (χ2n) is 5.04. The molecule has 0 atom stereocenters. The average molecular weight is 374 g/mol. The van der Waals surface area contributed by atoms with Crippen LogP contribution in [0.1, 0.15) is 5.56 Å². The van der Waals surface area contributed by atoms with Crippen LogP contribution in [0.15, 0.2) is 53.1 Å². The van der Waals surface area contributed by atoms with Gasteiger partial charge in [0.25, 0.3) is 5.89 Å². The summed E-state index contributed by atoms with van der Waals surface area (Å²) in [5.41, 5.74) is -1.21. The Morgan fingerprint density at radius 2 is 1.62 bits per heavy atom. The highest BCUT2D eigenvalue weighted by molar-refractivity contribution is 5.63. The molecule has 0 unspecified atom stereocenters. The minimum absolute atomic E-state index is 0.0891. The van der Waals surface area contributed by atoms with E-state index in [9.17, 15) is 26.3 Å². The Balaban J connectivity index is 1.96. The van der Waals surface area contributed by atoms with Gasteiger partial charge in [0, 0.05) is 5.56 Å². The van der Waals surface area contributed by atoms with Crippen molar-refractivity contribution in [2.75, 3.05) is 0 Å². The molecular formula is C16H8F6N2O2. The summed E-state index contributed by atoms with van der Waals surface area (Å²) in [7, 11) is 0.